The third-order valence-electron chi connectivity index (χ3n) is 3.55. The van der Waals surface area contributed by atoms with Gasteiger partial charge in [0, 0.05) is 12.7 Å². The predicted octanol–water partition coefficient (Wildman–Crippen LogP) is 1.53. The van der Waals surface area contributed by atoms with Gasteiger partial charge in [0.25, 0.3) is 0 Å². The summed E-state index contributed by atoms with van der Waals surface area (Å²) in [6, 6.07) is 6.14. The molecule has 0 bridgehead atoms. The second-order valence-electron chi connectivity index (χ2n) is 5.07. The lowest BCUT2D eigenvalue weighted by molar-refractivity contribution is -0.145. The number of carbonyl (C=O) groups is 1. The number of nitrogens with zero attached hydrogens (tertiary/aromatic N) is 2. The van der Waals surface area contributed by atoms with Crippen molar-refractivity contribution in [3.05, 3.63) is 30.1 Å². The van der Waals surface area contributed by atoms with Crippen LogP contribution >= 0.6 is 0 Å². The summed E-state index contributed by atoms with van der Waals surface area (Å²) >= 11 is 0. The van der Waals surface area contributed by atoms with Gasteiger partial charge >= 0.3 is 5.97 Å². The van der Waals surface area contributed by atoms with Crippen LogP contribution in [-0.2, 0) is 9.53 Å². The smallest absolute Gasteiger partial charge is 0.308 e. The molecule has 1 aromatic rings. The lowest BCUT2D eigenvalue weighted by Gasteiger charge is -2.26. The molecule has 0 spiro atoms. The van der Waals surface area contributed by atoms with Gasteiger partial charge in [0.15, 0.2) is 0 Å². The first-order valence-electron chi connectivity index (χ1n) is 7.19. The molecule has 0 saturated carbocycles. The molecule has 1 fully saturated rings. The van der Waals surface area contributed by atoms with Gasteiger partial charge in [-0.1, -0.05) is 6.07 Å². The summed E-state index contributed by atoms with van der Waals surface area (Å²) in [6.45, 7) is 3.54. The fraction of sp³-hybridized carbons (Fsp3) is 0.600. The molecule has 5 heteroatoms. The molecular weight excluding hydrogens is 256 g/mol. The average Bonchev–Trinajstić information content (AvgIpc) is 2.87. The van der Waals surface area contributed by atoms with Crippen molar-refractivity contribution < 1.29 is 14.6 Å². The van der Waals surface area contributed by atoms with Crippen LogP contribution in [0.3, 0.4) is 0 Å². The van der Waals surface area contributed by atoms with E-state index in [2.05, 4.69) is 9.88 Å². The summed E-state index contributed by atoms with van der Waals surface area (Å²) < 4.78 is 4.86. The van der Waals surface area contributed by atoms with E-state index in [4.69, 9.17) is 4.74 Å². The molecule has 0 amide bonds. The summed E-state index contributed by atoms with van der Waals surface area (Å²) in [5.74, 6) is -0.339. The number of esters is 1. The Morgan fingerprint density at radius 2 is 2.45 bits per heavy atom. The van der Waals surface area contributed by atoms with Crippen molar-refractivity contribution in [3.63, 3.8) is 0 Å². The maximum atomic E-state index is 11.4. The van der Waals surface area contributed by atoms with Crippen LogP contribution in [0.25, 0.3) is 0 Å². The third-order valence-corrected chi connectivity index (χ3v) is 3.55. The number of pyridine rings is 1. The van der Waals surface area contributed by atoms with Crippen molar-refractivity contribution in [1.82, 2.24) is 9.88 Å². The molecule has 2 atom stereocenters. The van der Waals surface area contributed by atoms with Gasteiger partial charge < -0.3 is 9.84 Å². The van der Waals surface area contributed by atoms with Crippen LogP contribution in [0, 0.1) is 0 Å². The first-order chi connectivity index (χ1) is 9.70. The maximum absolute atomic E-state index is 11.4. The van der Waals surface area contributed by atoms with Crippen LogP contribution in [-0.4, -0.2) is 46.8 Å². The highest BCUT2D eigenvalue weighted by Gasteiger charge is 2.28. The van der Waals surface area contributed by atoms with E-state index < -0.39 is 6.10 Å². The van der Waals surface area contributed by atoms with Crippen LogP contribution in [0.15, 0.2) is 24.4 Å². The number of rotatable bonds is 6. The zero-order valence-electron chi connectivity index (χ0n) is 11.9. The minimum atomic E-state index is -0.682. The van der Waals surface area contributed by atoms with Crippen molar-refractivity contribution in [2.75, 3.05) is 19.7 Å². The van der Waals surface area contributed by atoms with Crippen LogP contribution in [0.4, 0.5) is 0 Å². The lowest BCUT2D eigenvalue weighted by atomic mass is 10.1. The number of aromatic nitrogens is 1. The monoisotopic (exact) mass is 278 g/mol. The standard InChI is InChI=1S/C15H22N2O3/c1-2-20-15(19)10-12(18)11-17-9-5-7-14(17)13-6-3-4-8-16-13/h3-4,6,8,12,14,18H,2,5,7,9-11H2,1H3. The van der Waals surface area contributed by atoms with Gasteiger partial charge in [-0.25, -0.2) is 0 Å². The fourth-order valence-electron chi connectivity index (χ4n) is 2.70. The molecule has 1 aromatic heterocycles. The van der Waals surface area contributed by atoms with Gasteiger partial charge in [-0.2, -0.15) is 0 Å². The molecule has 0 radical (unpaired) electrons. The van der Waals surface area contributed by atoms with Gasteiger partial charge in [0.2, 0.25) is 0 Å². The van der Waals surface area contributed by atoms with Crippen LogP contribution in [0.2, 0.25) is 0 Å². The number of likely N-dealkylation sites (tertiary alicyclic amines) is 1. The van der Waals surface area contributed by atoms with E-state index >= 15 is 0 Å². The second-order valence-corrected chi connectivity index (χ2v) is 5.07. The molecule has 2 heterocycles. The van der Waals surface area contributed by atoms with E-state index in [9.17, 15) is 9.90 Å². The predicted molar refractivity (Wildman–Crippen MR) is 75.0 cm³/mol. The molecule has 2 unspecified atom stereocenters. The topological polar surface area (TPSA) is 62.7 Å². The molecule has 1 aliphatic heterocycles. The van der Waals surface area contributed by atoms with Crippen molar-refractivity contribution in [2.45, 2.75) is 38.3 Å². The summed E-state index contributed by atoms with van der Waals surface area (Å²) in [5, 5.41) is 10.0. The molecule has 1 saturated heterocycles. The zero-order valence-corrected chi connectivity index (χ0v) is 11.9. The van der Waals surface area contributed by atoms with Gasteiger partial charge in [-0.3, -0.25) is 14.7 Å². The molecule has 2 rings (SSSR count). The Bertz CT molecular complexity index is 424. The largest absolute Gasteiger partial charge is 0.466 e. The highest BCUT2D eigenvalue weighted by atomic mass is 16.5. The Balaban J connectivity index is 1.90. The van der Waals surface area contributed by atoms with E-state index in [1.165, 1.54) is 0 Å². The zero-order chi connectivity index (χ0) is 14.4. The Morgan fingerprint density at radius 3 is 3.15 bits per heavy atom. The van der Waals surface area contributed by atoms with E-state index in [-0.39, 0.29) is 18.4 Å². The first-order valence-corrected chi connectivity index (χ1v) is 7.19. The molecule has 1 aliphatic rings. The fourth-order valence-corrected chi connectivity index (χ4v) is 2.70. The van der Waals surface area contributed by atoms with Crippen molar-refractivity contribution in [3.8, 4) is 0 Å². The summed E-state index contributed by atoms with van der Waals surface area (Å²) in [4.78, 5) is 18.0. The molecule has 0 aliphatic carbocycles. The molecule has 1 N–H and O–H groups in total. The minimum absolute atomic E-state index is 0.0548. The number of carbonyl (C=O) groups excluding carboxylic acids is 1. The quantitative estimate of drug-likeness (QED) is 0.800. The molecule has 20 heavy (non-hydrogen) atoms. The first kappa shape index (κ1) is 14.9. The van der Waals surface area contributed by atoms with Gasteiger partial charge in [-0.15, -0.1) is 0 Å². The Hall–Kier alpha value is -1.46. The van der Waals surface area contributed by atoms with Gasteiger partial charge in [-0.05, 0) is 38.4 Å². The van der Waals surface area contributed by atoms with Crippen molar-refractivity contribution in [1.29, 1.82) is 0 Å². The van der Waals surface area contributed by atoms with E-state index in [0.29, 0.717) is 13.2 Å². The van der Waals surface area contributed by atoms with E-state index in [0.717, 1.165) is 25.1 Å². The van der Waals surface area contributed by atoms with Crippen LogP contribution < -0.4 is 0 Å². The Morgan fingerprint density at radius 1 is 1.60 bits per heavy atom. The van der Waals surface area contributed by atoms with Gasteiger partial charge in [0.05, 0.1) is 30.9 Å². The van der Waals surface area contributed by atoms with E-state index in [1.807, 2.05) is 18.2 Å². The molecule has 0 aromatic carbocycles. The molecule has 110 valence electrons. The number of hydrogen-bond donors (Lipinski definition) is 1. The number of β-amino-alcohol motifs (C(OH)–C–C–N with tert-alkyl or cyclic N) is 1. The van der Waals surface area contributed by atoms with Gasteiger partial charge in [0.1, 0.15) is 0 Å². The number of aliphatic hydroxyl groups is 1. The third kappa shape index (κ3) is 4.02. The van der Waals surface area contributed by atoms with Crippen molar-refractivity contribution in [2.24, 2.45) is 0 Å². The normalized spacial score (nSPS) is 20.8. The SMILES string of the molecule is CCOC(=O)CC(O)CN1CCCC1c1ccccn1. The molecule has 5 nitrogen and oxygen atoms in total. The minimum Gasteiger partial charge on any atom is -0.466 e. The lowest BCUT2D eigenvalue weighted by Crippen LogP contribution is -2.34. The highest BCUT2D eigenvalue weighted by Crippen LogP contribution is 2.30. The summed E-state index contributed by atoms with van der Waals surface area (Å²) in [7, 11) is 0. The number of aliphatic hydroxyl groups excluding tert-OH is 1. The highest BCUT2D eigenvalue weighted by molar-refractivity contribution is 5.69. The summed E-state index contributed by atoms with van der Waals surface area (Å²) in [6.07, 6.45) is 3.30. The van der Waals surface area contributed by atoms with Crippen LogP contribution in [0.1, 0.15) is 37.9 Å². The van der Waals surface area contributed by atoms with Crippen molar-refractivity contribution >= 4 is 5.97 Å². The number of ether oxygens (including phenoxy) is 1. The second kappa shape index (κ2) is 7.36. The average molecular weight is 278 g/mol. The molecular formula is C15H22N2O3. The Kier molecular flexibility index (Phi) is 5.49. The number of hydrogen-bond acceptors (Lipinski definition) is 5. The summed E-state index contributed by atoms with van der Waals surface area (Å²) in [5.41, 5.74) is 1.04. The Labute approximate surface area is 119 Å². The van der Waals surface area contributed by atoms with Crippen LogP contribution in [0.5, 0.6) is 0 Å². The maximum Gasteiger partial charge on any atom is 0.308 e. The van der Waals surface area contributed by atoms with E-state index in [1.54, 1.807) is 13.1 Å².